The Hall–Kier alpha value is -1.10. The fraction of sp³-hybridized carbons (Fsp3) is 0.364. The van der Waals surface area contributed by atoms with Crippen LogP contribution in [-0.4, -0.2) is 24.2 Å². The lowest BCUT2D eigenvalue weighted by molar-refractivity contribution is -0.142. The Labute approximate surface area is 101 Å². The molecule has 1 rings (SSSR count). The monoisotopic (exact) mass is 245 g/mol. The standard InChI is InChI=1S/C11H15NO3.ClH/c1-15-11(14)10(12)6-8-2-4-9(7-13)5-3-8;/h2-5,10,13H,6-7,12H2,1H3;1H. The highest BCUT2D eigenvalue weighted by atomic mass is 35.5. The first kappa shape index (κ1) is 14.9. The summed E-state index contributed by atoms with van der Waals surface area (Å²) in [7, 11) is 1.32. The van der Waals surface area contributed by atoms with E-state index in [1.54, 1.807) is 12.1 Å². The fourth-order valence-electron chi connectivity index (χ4n) is 1.27. The van der Waals surface area contributed by atoms with Gasteiger partial charge in [-0.3, -0.25) is 4.79 Å². The van der Waals surface area contributed by atoms with Crippen molar-refractivity contribution in [3.05, 3.63) is 35.4 Å². The molecule has 0 saturated carbocycles. The predicted octanol–water partition coefficient (Wildman–Crippen LogP) is 0.643. The van der Waals surface area contributed by atoms with Crippen molar-refractivity contribution in [2.45, 2.75) is 19.1 Å². The largest absolute Gasteiger partial charge is 0.468 e. The van der Waals surface area contributed by atoms with Crippen molar-refractivity contribution in [1.82, 2.24) is 0 Å². The fourth-order valence-corrected chi connectivity index (χ4v) is 1.27. The van der Waals surface area contributed by atoms with Crippen molar-refractivity contribution in [3.8, 4) is 0 Å². The number of ether oxygens (including phenoxy) is 1. The lowest BCUT2D eigenvalue weighted by atomic mass is 10.1. The van der Waals surface area contributed by atoms with Gasteiger partial charge in [-0.25, -0.2) is 0 Å². The number of hydrogen-bond acceptors (Lipinski definition) is 4. The first-order valence-corrected chi connectivity index (χ1v) is 4.69. The molecular formula is C11H16ClNO3. The van der Waals surface area contributed by atoms with E-state index in [9.17, 15) is 4.79 Å². The molecule has 1 aromatic carbocycles. The van der Waals surface area contributed by atoms with E-state index in [0.717, 1.165) is 11.1 Å². The molecule has 5 heteroatoms. The number of rotatable bonds is 4. The zero-order chi connectivity index (χ0) is 11.3. The van der Waals surface area contributed by atoms with E-state index in [1.807, 2.05) is 12.1 Å². The van der Waals surface area contributed by atoms with Crippen LogP contribution in [0.25, 0.3) is 0 Å². The second-order valence-electron chi connectivity index (χ2n) is 3.31. The van der Waals surface area contributed by atoms with Gasteiger partial charge in [0.2, 0.25) is 0 Å². The second kappa shape index (κ2) is 7.22. The number of aliphatic hydroxyl groups excluding tert-OH is 1. The van der Waals surface area contributed by atoms with Gasteiger partial charge >= 0.3 is 5.97 Å². The normalized spacial score (nSPS) is 11.4. The van der Waals surface area contributed by atoms with Crippen LogP contribution in [0.5, 0.6) is 0 Å². The molecule has 0 aliphatic heterocycles. The Balaban J connectivity index is 0.00000225. The number of esters is 1. The smallest absolute Gasteiger partial charge is 0.322 e. The van der Waals surface area contributed by atoms with E-state index in [1.165, 1.54) is 7.11 Å². The molecule has 0 bridgehead atoms. The van der Waals surface area contributed by atoms with Crippen LogP contribution in [-0.2, 0) is 22.6 Å². The lowest BCUT2D eigenvalue weighted by Crippen LogP contribution is -2.33. The summed E-state index contributed by atoms with van der Waals surface area (Å²) in [6.07, 6.45) is 0.443. The van der Waals surface area contributed by atoms with E-state index >= 15 is 0 Å². The number of aliphatic hydroxyl groups is 1. The van der Waals surface area contributed by atoms with Gasteiger partial charge in [0.25, 0.3) is 0 Å². The van der Waals surface area contributed by atoms with Crippen LogP contribution in [0.15, 0.2) is 24.3 Å². The van der Waals surface area contributed by atoms with Crippen LogP contribution in [0.2, 0.25) is 0 Å². The topological polar surface area (TPSA) is 72.5 Å². The summed E-state index contributed by atoms with van der Waals surface area (Å²) >= 11 is 0. The van der Waals surface area contributed by atoms with Gasteiger partial charge in [0, 0.05) is 0 Å². The molecule has 0 aliphatic carbocycles. The number of carbonyl (C=O) groups is 1. The highest BCUT2D eigenvalue weighted by molar-refractivity contribution is 5.85. The third kappa shape index (κ3) is 4.18. The molecule has 0 saturated heterocycles. The van der Waals surface area contributed by atoms with Crippen molar-refractivity contribution in [2.24, 2.45) is 5.73 Å². The Morgan fingerprint density at radius 2 is 1.88 bits per heavy atom. The predicted molar refractivity (Wildman–Crippen MR) is 63.3 cm³/mol. The maximum Gasteiger partial charge on any atom is 0.322 e. The van der Waals surface area contributed by atoms with Crippen LogP contribution in [0.4, 0.5) is 0 Å². The molecule has 90 valence electrons. The summed E-state index contributed by atoms with van der Waals surface area (Å²) in [5.74, 6) is -0.416. The van der Waals surface area contributed by atoms with Crippen molar-refractivity contribution >= 4 is 18.4 Å². The highest BCUT2D eigenvalue weighted by Gasteiger charge is 2.13. The summed E-state index contributed by atoms with van der Waals surface area (Å²) in [5.41, 5.74) is 7.39. The van der Waals surface area contributed by atoms with E-state index in [2.05, 4.69) is 4.74 Å². The van der Waals surface area contributed by atoms with Gasteiger partial charge < -0.3 is 15.6 Å². The van der Waals surface area contributed by atoms with Crippen LogP contribution < -0.4 is 5.73 Å². The van der Waals surface area contributed by atoms with Gasteiger partial charge in [0.15, 0.2) is 0 Å². The zero-order valence-corrected chi connectivity index (χ0v) is 9.87. The van der Waals surface area contributed by atoms with Gasteiger partial charge in [-0.05, 0) is 17.5 Å². The average Bonchev–Trinajstić information content (AvgIpc) is 2.29. The Morgan fingerprint density at radius 1 is 1.38 bits per heavy atom. The van der Waals surface area contributed by atoms with Crippen LogP contribution in [0, 0.1) is 0 Å². The number of halogens is 1. The number of hydrogen-bond donors (Lipinski definition) is 2. The van der Waals surface area contributed by atoms with Crippen molar-refractivity contribution in [3.63, 3.8) is 0 Å². The summed E-state index contributed by atoms with van der Waals surface area (Å²) in [6.45, 7) is 0.0172. The molecular weight excluding hydrogens is 230 g/mol. The minimum absolute atomic E-state index is 0. The Morgan fingerprint density at radius 3 is 2.31 bits per heavy atom. The molecule has 0 fully saturated rings. The first-order chi connectivity index (χ1) is 7.17. The van der Waals surface area contributed by atoms with Gasteiger partial charge in [-0.15, -0.1) is 12.4 Å². The Bertz CT molecular complexity index is 327. The molecule has 0 radical (unpaired) electrons. The highest BCUT2D eigenvalue weighted by Crippen LogP contribution is 2.06. The average molecular weight is 246 g/mol. The van der Waals surface area contributed by atoms with E-state index in [4.69, 9.17) is 10.8 Å². The molecule has 1 atom stereocenters. The molecule has 0 heterocycles. The van der Waals surface area contributed by atoms with E-state index in [-0.39, 0.29) is 19.0 Å². The molecule has 1 unspecified atom stereocenters. The number of carbonyl (C=O) groups excluding carboxylic acids is 1. The van der Waals surface area contributed by atoms with Gasteiger partial charge in [-0.1, -0.05) is 24.3 Å². The summed E-state index contributed by atoms with van der Waals surface area (Å²) < 4.78 is 4.53. The summed E-state index contributed by atoms with van der Waals surface area (Å²) in [4.78, 5) is 11.1. The minimum Gasteiger partial charge on any atom is -0.468 e. The van der Waals surface area contributed by atoms with E-state index in [0.29, 0.717) is 6.42 Å². The van der Waals surface area contributed by atoms with Crippen LogP contribution >= 0.6 is 12.4 Å². The third-order valence-electron chi connectivity index (χ3n) is 2.17. The quantitative estimate of drug-likeness (QED) is 0.764. The lowest BCUT2D eigenvalue weighted by Gasteiger charge is -2.09. The molecule has 4 nitrogen and oxygen atoms in total. The SMILES string of the molecule is COC(=O)C(N)Cc1ccc(CO)cc1.Cl. The van der Waals surface area contributed by atoms with Crippen LogP contribution in [0.1, 0.15) is 11.1 Å². The number of nitrogens with two attached hydrogens (primary N) is 1. The van der Waals surface area contributed by atoms with E-state index < -0.39 is 12.0 Å². The molecule has 3 N–H and O–H groups in total. The van der Waals surface area contributed by atoms with Gasteiger partial charge in [0.05, 0.1) is 13.7 Å². The van der Waals surface area contributed by atoms with Crippen LogP contribution in [0.3, 0.4) is 0 Å². The van der Waals surface area contributed by atoms with Gasteiger partial charge in [0.1, 0.15) is 6.04 Å². The molecule has 16 heavy (non-hydrogen) atoms. The first-order valence-electron chi connectivity index (χ1n) is 4.69. The molecule has 0 aliphatic rings. The second-order valence-corrected chi connectivity index (χ2v) is 3.31. The maximum absolute atomic E-state index is 11.1. The molecule has 0 amide bonds. The maximum atomic E-state index is 11.1. The summed E-state index contributed by atoms with van der Waals surface area (Å²) in [5, 5.41) is 8.84. The van der Waals surface area contributed by atoms with Crippen molar-refractivity contribution < 1.29 is 14.6 Å². The zero-order valence-electron chi connectivity index (χ0n) is 9.05. The Kier molecular flexibility index (Phi) is 6.72. The molecule has 1 aromatic rings. The summed E-state index contributed by atoms with van der Waals surface area (Å²) in [6, 6.07) is 6.66. The number of methoxy groups -OCH3 is 1. The third-order valence-corrected chi connectivity index (χ3v) is 2.17. The van der Waals surface area contributed by atoms with Crippen molar-refractivity contribution in [2.75, 3.05) is 7.11 Å². The molecule has 0 aromatic heterocycles. The van der Waals surface area contributed by atoms with Crippen molar-refractivity contribution in [1.29, 1.82) is 0 Å². The van der Waals surface area contributed by atoms with Gasteiger partial charge in [-0.2, -0.15) is 0 Å². The molecule has 0 spiro atoms. The minimum atomic E-state index is -0.630. The number of benzene rings is 1.